The van der Waals surface area contributed by atoms with Gasteiger partial charge < -0.3 is 20.1 Å². The quantitative estimate of drug-likeness (QED) is 0.793. The summed E-state index contributed by atoms with van der Waals surface area (Å²) in [4.78, 5) is 12.2. The molecular formula is C18H26O5. The predicted molar refractivity (Wildman–Crippen MR) is 86.8 cm³/mol. The molecule has 0 unspecified atom stereocenters. The standard InChI is InChI=1S/C18H26O5/c1-9-11(3)23-15(6-12(19)8-18(4,5)22)17-14(21)7-13(20)10(2)16(9)17/h7,9,11,15,20-22H,6,8H2,1-5H3/t9-,11-,15-/m1/s1. The summed E-state index contributed by atoms with van der Waals surface area (Å²) in [5.74, 6) is -0.129. The zero-order valence-corrected chi connectivity index (χ0v) is 14.4. The Morgan fingerprint density at radius 2 is 1.83 bits per heavy atom. The van der Waals surface area contributed by atoms with Gasteiger partial charge in [-0.1, -0.05) is 6.92 Å². The lowest BCUT2D eigenvalue weighted by atomic mass is 9.81. The fraction of sp³-hybridized carbons (Fsp3) is 0.611. The van der Waals surface area contributed by atoms with Crippen LogP contribution in [0, 0.1) is 6.92 Å². The monoisotopic (exact) mass is 322 g/mol. The van der Waals surface area contributed by atoms with Crippen molar-refractivity contribution in [2.24, 2.45) is 0 Å². The number of ether oxygens (including phenoxy) is 1. The number of hydrogen-bond acceptors (Lipinski definition) is 5. The van der Waals surface area contributed by atoms with Crippen molar-refractivity contribution < 1.29 is 24.9 Å². The highest BCUT2D eigenvalue weighted by atomic mass is 16.5. The van der Waals surface area contributed by atoms with Crippen LogP contribution in [0.25, 0.3) is 0 Å². The molecule has 0 fully saturated rings. The van der Waals surface area contributed by atoms with E-state index in [-0.39, 0.29) is 42.1 Å². The third kappa shape index (κ3) is 3.67. The summed E-state index contributed by atoms with van der Waals surface area (Å²) in [5.41, 5.74) is 1.07. The van der Waals surface area contributed by atoms with Gasteiger partial charge in [0, 0.05) is 30.4 Å². The molecule has 1 heterocycles. The number of carbonyl (C=O) groups excluding carboxylic acids is 1. The molecule has 5 nitrogen and oxygen atoms in total. The Balaban J connectivity index is 2.40. The van der Waals surface area contributed by atoms with E-state index in [0.29, 0.717) is 11.1 Å². The van der Waals surface area contributed by atoms with Crippen LogP contribution < -0.4 is 0 Å². The van der Waals surface area contributed by atoms with Crippen LogP contribution in [0.4, 0.5) is 0 Å². The van der Waals surface area contributed by atoms with Crippen molar-refractivity contribution in [3.8, 4) is 11.5 Å². The molecule has 0 radical (unpaired) electrons. The molecule has 0 saturated heterocycles. The summed E-state index contributed by atoms with van der Waals surface area (Å²) >= 11 is 0. The van der Waals surface area contributed by atoms with Crippen LogP contribution in [0.3, 0.4) is 0 Å². The van der Waals surface area contributed by atoms with E-state index in [0.717, 1.165) is 5.56 Å². The maximum atomic E-state index is 12.2. The molecule has 128 valence electrons. The van der Waals surface area contributed by atoms with Crippen molar-refractivity contribution >= 4 is 5.78 Å². The minimum Gasteiger partial charge on any atom is -0.508 e. The highest BCUT2D eigenvalue weighted by Gasteiger charge is 2.36. The molecule has 1 aliphatic rings. The number of fused-ring (bicyclic) bond motifs is 1. The Labute approximate surface area is 136 Å². The van der Waals surface area contributed by atoms with E-state index in [1.807, 2.05) is 13.8 Å². The first-order chi connectivity index (χ1) is 10.5. The topological polar surface area (TPSA) is 87.0 Å². The van der Waals surface area contributed by atoms with Gasteiger partial charge in [-0.2, -0.15) is 0 Å². The van der Waals surface area contributed by atoms with Crippen LogP contribution in [0.2, 0.25) is 0 Å². The fourth-order valence-electron chi connectivity index (χ4n) is 3.31. The lowest BCUT2D eigenvalue weighted by Crippen LogP contribution is -2.31. The minimum atomic E-state index is -1.07. The number of rotatable bonds is 4. The van der Waals surface area contributed by atoms with Crippen molar-refractivity contribution in [2.75, 3.05) is 0 Å². The molecule has 0 aliphatic carbocycles. The van der Waals surface area contributed by atoms with E-state index in [1.54, 1.807) is 20.8 Å². The van der Waals surface area contributed by atoms with Crippen molar-refractivity contribution in [1.82, 2.24) is 0 Å². The summed E-state index contributed by atoms with van der Waals surface area (Å²) in [6.45, 7) is 8.87. The maximum absolute atomic E-state index is 12.2. The number of aliphatic hydroxyl groups is 1. The van der Waals surface area contributed by atoms with Gasteiger partial charge in [0.05, 0.1) is 17.8 Å². The predicted octanol–water partition coefficient (Wildman–Crippen LogP) is 3.09. The molecule has 0 aromatic heterocycles. The molecule has 3 atom stereocenters. The molecule has 3 N–H and O–H groups in total. The Morgan fingerprint density at radius 3 is 2.39 bits per heavy atom. The van der Waals surface area contributed by atoms with E-state index >= 15 is 0 Å². The lowest BCUT2D eigenvalue weighted by molar-refractivity contribution is -0.128. The van der Waals surface area contributed by atoms with Crippen LogP contribution >= 0.6 is 0 Å². The van der Waals surface area contributed by atoms with Gasteiger partial charge in [0.25, 0.3) is 0 Å². The van der Waals surface area contributed by atoms with Crippen LogP contribution in [0.1, 0.15) is 69.2 Å². The first kappa shape index (κ1) is 17.8. The molecule has 1 aliphatic heterocycles. The maximum Gasteiger partial charge on any atom is 0.138 e. The SMILES string of the molecule is Cc1c(O)cc(O)c2c1[C@H](C)[C@@H](C)O[C@@H]2CC(=O)CC(C)(C)O. The number of benzene rings is 1. The van der Waals surface area contributed by atoms with Crippen molar-refractivity contribution in [3.05, 3.63) is 22.8 Å². The van der Waals surface area contributed by atoms with Crippen molar-refractivity contribution in [1.29, 1.82) is 0 Å². The minimum absolute atomic E-state index is 0.00337. The molecule has 1 aromatic carbocycles. The van der Waals surface area contributed by atoms with Crippen LogP contribution in [-0.2, 0) is 9.53 Å². The van der Waals surface area contributed by atoms with E-state index in [2.05, 4.69) is 0 Å². The number of aromatic hydroxyl groups is 2. The average molecular weight is 322 g/mol. The third-order valence-corrected chi connectivity index (χ3v) is 4.53. The molecular weight excluding hydrogens is 296 g/mol. The van der Waals surface area contributed by atoms with Gasteiger partial charge in [0.2, 0.25) is 0 Å². The second kappa shape index (κ2) is 6.13. The number of ketones is 1. The van der Waals surface area contributed by atoms with E-state index in [1.165, 1.54) is 6.07 Å². The van der Waals surface area contributed by atoms with Crippen LogP contribution in [0.15, 0.2) is 6.07 Å². The zero-order valence-electron chi connectivity index (χ0n) is 14.4. The number of hydrogen-bond donors (Lipinski definition) is 3. The highest BCUT2D eigenvalue weighted by Crippen LogP contribution is 2.47. The molecule has 23 heavy (non-hydrogen) atoms. The van der Waals surface area contributed by atoms with Gasteiger partial charge in [-0.25, -0.2) is 0 Å². The van der Waals surface area contributed by atoms with Gasteiger partial charge in [0.1, 0.15) is 17.3 Å². The molecule has 1 aromatic rings. The molecule has 2 rings (SSSR count). The van der Waals surface area contributed by atoms with Gasteiger partial charge in [-0.05, 0) is 38.8 Å². The number of carbonyl (C=O) groups is 1. The lowest BCUT2D eigenvalue weighted by Gasteiger charge is -2.37. The second-order valence-corrected chi connectivity index (χ2v) is 7.22. The summed E-state index contributed by atoms with van der Waals surface area (Å²) in [6.07, 6.45) is -0.580. The molecule has 0 amide bonds. The van der Waals surface area contributed by atoms with Gasteiger partial charge in [0.15, 0.2) is 0 Å². The second-order valence-electron chi connectivity index (χ2n) is 7.22. The number of phenols is 2. The van der Waals surface area contributed by atoms with Crippen molar-refractivity contribution in [2.45, 2.75) is 71.2 Å². The number of phenolic OH excluding ortho intramolecular Hbond substituents is 2. The molecule has 0 saturated carbocycles. The van der Waals surface area contributed by atoms with E-state index < -0.39 is 11.7 Å². The summed E-state index contributed by atoms with van der Waals surface area (Å²) < 4.78 is 5.94. The molecule has 0 bridgehead atoms. The normalized spacial score (nSPS) is 24.3. The first-order valence-corrected chi connectivity index (χ1v) is 7.96. The number of Topliss-reactive ketones (excluding diaryl/α,β-unsaturated/α-hetero) is 1. The van der Waals surface area contributed by atoms with E-state index in [4.69, 9.17) is 4.74 Å². The fourth-order valence-corrected chi connectivity index (χ4v) is 3.31. The van der Waals surface area contributed by atoms with Crippen molar-refractivity contribution in [3.63, 3.8) is 0 Å². The first-order valence-electron chi connectivity index (χ1n) is 7.96. The largest absolute Gasteiger partial charge is 0.508 e. The van der Waals surface area contributed by atoms with Gasteiger partial charge in [-0.3, -0.25) is 4.79 Å². The Kier molecular flexibility index (Phi) is 4.74. The van der Waals surface area contributed by atoms with Crippen LogP contribution in [-0.4, -0.2) is 32.8 Å². The molecule has 0 spiro atoms. The van der Waals surface area contributed by atoms with Gasteiger partial charge >= 0.3 is 0 Å². The Hall–Kier alpha value is -1.59. The highest BCUT2D eigenvalue weighted by molar-refractivity contribution is 5.80. The summed E-state index contributed by atoms with van der Waals surface area (Å²) in [7, 11) is 0. The smallest absolute Gasteiger partial charge is 0.138 e. The Morgan fingerprint density at radius 1 is 1.22 bits per heavy atom. The third-order valence-electron chi connectivity index (χ3n) is 4.53. The Bertz CT molecular complexity index is 615. The molecule has 5 heteroatoms. The summed E-state index contributed by atoms with van der Waals surface area (Å²) in [5, 5.41) is 30.1. The van der Waals surface area contributed by atoms with Crippen LogP contribution in [0.5, 0.6) is 11.5 Å². The van der Waals surface area contributed by atoms with Gasteiger partial charge in [-0.15, -0.1) is 0 Å². The zero-order chi connectivity index (χ0) is 17.5. The summed E-state index contributed by atoms with van der Waals surface area (Å²) in [6, 6.07) is 1.30. The average Bonchev–Trinajstić information content (AvgIpc) is 2.37. The van der Waals surface area contributed by atoms with E-state index in [9.17, 15) is 20.1 Å².